The lowest BCUT2D eigenvalue weighted by atomic mass is 9.98. The number of hydrogen-bond donors (Lipinski definition) is 0. The molecule has 4 rings (SSSR count). The number of rotatable bonds is 5. The van der Waals surface area contributed by atoms with Crippen LogP contribution in [0.15, 0.2) is 41.4 Å². The predicted molar refractivity (Wildman–Crippen MR) is 120 cm³/mol. The molecule has 2 unspecified atom stereocenters. The van der Waals surface area contributed by atoms with Crippen molar-refractivity contribution in [2.24, 2.45) is 0 Å². The van der Waals surface area contributed by atoms with Gasteiger partial charge in [0, 0.05) is 18.8 Å². The van der Waals surface area contributed by atoms with E-state index in [9.17, 15) is 27.0 Å². The van der Waals surface area contributed by atoms with Crippen molar-refractivity contribution in [3.8, 4) is 5.88 Å². The number of hydrogen-bond acceptors (Lipinski definition) is 6. The number of aromatic nitrogens is 1. The van der Waals surface area contributed by atoms with Crippen LogP contribution >= 0.6 is 0 Å². The number of ether oxygens (including phenoxy) is 2. The van der Waals surface area contributed by atoms with E-state index in [0.29, 0.717) is 18.7 Å². The van der Waals surface area contributed by atoms with Crippen LogP contribution < -0.4 is 9.04 Å². The summed E-state index contributed by atoms with van der Waals surface area (Å²) in [7, 11) is -0.547. The van der Waals surface area contributed by atoms with Crippen molar-refractivity contribution in [1.82, 2.24) is 9.88 Å². The van der Waals surface area contributed by atoms with Gasteiger partial charge in [0.1, 0.15) is 12.3 Å². The van der Waals surface area contributed by atoms with Crippen LogP contribution in [0.25, 0.3) is 0 Å². The number of halogens is 3. The van der Waals surface area contributed by atoms with Gasteiger partial charge in [0.25, 0.3) is 5.91 Å². The summed E-state index contributed by atoms with van der Waals surface area (Å²) < 4.78 is 63.7. The molecule has 1 aromatic carbocycles. The summed E-state index contributed by atoms with van der Waals surface area (Å²) in [6.07, 6.45) is -0.669. The van der Waals surface area contributed by atoms with Crippen molar-refractivity contribution in [1.29, 1.82) is 0 Å². The summed E-state index contributed by atoms with van der Waals surface area (Å²) in [4.78, 5) is 31.2. The Kier molecular flexibility index (Phi) is 7.29. The van der Waals surface area contributed by atoms with Gasteiger partial charge in [-0.25, -0.2) is 9.19 Å². The molecule has 1 aromatic heterocycles. The predicted octanol–water partition coefficient (Wildman–Crippen LogP) is 3.58. The molecule has 1 fully saturated rings. The van der Waals surface area contributed by atoms with Crippen LogP contribution in [0.3, 0.4) is 0 Å². The number of benzene rings is 1. The van der Waals surface area contributed by atoms with E-state index in [1.165, 1.54) is 35.8 Å². The van der Waals surface area contributed by atoms with Crippen LogP contribution in [-0.4, -0.2) is 58.8 Å². The van der Waals surface area contributed by atoms with E-state index in [1.54, 1.807) is 4.90 Å². The Balaban J connectivity index is 1.59. The molecule has 12 heteroatoms. The van der Waals surface area contributed by atoms with Crippen molar-refractivity contribution in [2.45, 2.75) is 42.8 Å². The van der Waals surface area contributed by atoms with E-state index in [-0.39, 0.29) is 47.9 Å². The molecule has 0 saturated carbocycles. The molecule has 0 bridgehead atoms. The summed E-state index contributed by atoms with van der Waals surface area (Å²) in [6, 6.07) is 5.32. The Bertz CT molecular complexity index is 1130. The molecule has 0 spiro atoms. The summed E-state index contributed by atoms with van der Waals surface area (Å²) in [5.41, 5.74) is -0.291. The van der Waals surface area contributed by atoms with Crippen molar-refractivity contribution >= 4 is 28.5 Å². The first-order valence-electron chi connectivity index (χ1n) is 11.1. The highest BCUT2D eigenvalue weighted by molar-refractivity contribution is 7.86. The van der Waals surface area contributed by atoms with E-state index in [2.05, 4.69) is 4.98 Å². The van der Waals surface area contributed by atoms with Crippen LogP contribution in [0.2, 0.25) is 0 Å². The van der Waals surface area contributed by atoms with Crippen LogP contribution in [-0.2, 0) is 26.7 Å². The average Bonchev–Trinajstić information content (AvgIpc) is 2.87. The summed E-state index contributed by atoms with van der Waals surface area (Å²) >= 11 is 0. The van der Waals surface area contributed by atoms with Crippen molar-refractivity contribution < 1.29 is 36.4 Å². The highest BCUT2D eigenvalue weighted by Crippen LogP contribution is 2.35. The van der Waals surface area contributed by atoms with E-state index >= 15 is 0 Å². The molecule has 2 aromatic rings. The SMILES string of the molecule is COC(=O)CC1CCCCN1C(=O)c1cnc2c(c1)N(S(=O)c1ccc(C(F)(F)F)cc1)CCO2. The maximum absolute atomic E-state index is 13.3. The first-order valence-corrected chi connectivity index (χ1v) is 12.2. The number of piperidine rings is 1. The van der Waals surface area contributed by atoms with Crippen molar-refractivity contribution in [2.75, 3.05) is 31.1 Å². The zero-order chi connectivity index (χ0) is 25.2. The molecule has 8 nitrogen and oxygen atoms in total. The molecule has 2 atom stereocenters. The third-order valence-corrected chi connectivity index (χ3v) is 7.44. The molecule has 0 aliphatic carbocycles. The van der Waals surface area contributed by atoms with E-state index in [0.717, 1.165) is 25.0 Å². The smallest absolute Gasteiger partial charge is 0.416 e. The van der Waals surface area contributed by atoms with E-state index < -0.39 is 28.7 Å². The fourth-order valence-corrected chi connectivity index (χ4v) is 5.35. The van der Waals surface area contributed by atoms with Gasteiger partial charge in [-0.3, -0.25) is 13.9 Å². The second-order valence-electron chi connectivity index (χ2n) is 8.20. The number of carbonyl (C=O) groups excluding carboxylic acids is 2. The molecular weight excluding hydrogens is 487 g/mol. The molecule has 2 aliphatic rings. The highest BCUT2D eigenvalue weighted by atomic mass is 32.2. The monoisotopic (exact) mass is 511 g/mol. The third-order valence-electron chi connectivity index (χ3n) is 5.98. The minimum absolute atomic E-state index is 0.0911. The Labute approximate surface area is 202 Å². The Hall–Kier alpha value is -3.15. The van der Waals surface area contributed by atoms with Crippen molar-refractivity contribution in [3.63, 3.8) is 0 Å². The number of carbonyl (C=O) groups is 2. The van der Waals surface area contributed by atoms with Gasteiger partial charge in [-0.05, 0) is 49.6 Å². The molecular formula is C23H24F3N3O5S. The second kappa shape index (κ2) is 10.2. The Morgan fingerprint density at radius 2 is 1.94 bits per heavy atom. The number of likely N-dealkylation sites (tertiary alicyclic amines) is 1. The summed E-state index contributed by atoms with van der Waals surface area (Å²) in [5, 5.41) is 0. The lowest BCUT2D eigenvalue weighted by molar-refractivity contribution is -0.142. The topological polar surface area (TPSA) is 89.0 Å². The third kappa shape index (κ3) is 5.42. The highest BCUT2D eigenvalue weighted by Gasteiger charge is 2.33. The lowest BCUT2D eigenvalue weighted by Crippen LogP contribution is -2.45. The molecule has 1 amide bonds. The van der Waals surface area contributed by atoms with Gasteiger partial charge in [-0.15, -0.1) is 0 Å². The van der Waals surface area contributed by atoms with Crippen LogP contribution in [0.1, 0.15) is 41.6 Å². The maximum atomic E-state index is 13.3. The van der Waals surface area contributed by atoms with Gasteiger partial charge in [0.2, 0.25) is 5.88 Å². The normalized spacial score (nSPS) is 18.9. The van der Waals surface area contributed by atoms with Crippen molar-refractivity contribution in [3.05, 3.63) is 47.7 Å². The molecule has 3 heterocycles. The number of fused-ring (bicyclic) bond motifs is 1. The van der Waals surface area contributed by atoms with Gasteiger partial charge >= 0.3 is 12.1 Å². The number of amides is 1. The van der Waals surface area contributed by atoms with Gasteiger partial charge in [-0.2, -0.15) is 13.2 Å². The molecule has 35 heavy (non-hydrogen) atoms. The van der Waals surface area contributed by atoms with E-state index in [1.807, 2.05) is 0 Å². The maximum Gasteiger partial charge on any atom is 0.416 e. The number of pyridine rings is 1. The fourth-order valence-electron chi connectivity index (χ4n) is 4.17. The molecule has 1 saturated heterocycles. The second-order valence-corrected chi connectivity index (χ2v) is 9.61. The molecule has 0 radical (unpaired) electrons. The quantitative estimate of drug-likeness (QED) is 0.571. The number of esters is 1. The van der Waals surface area contributed by atoms with Crippen LogP contribution in [0.4, 0.5) is 18.9 Å². The fraction of sp³-hybridized carbons (Fsp3) is 0.435. The van der Waals surface area contributed by atoms with Gasteiger partial charge in [0.05, 0.1) is 36.1 Å². The number of anilines is 1. The zero-order valence-corrected chi connectivity index (χ0v) is 19.7. The standard InChI is InChI=1S/C23H24F3N3O5S/c1-33-20(30)13-17-4-2-3-9-28(17)22(31)15-12-19-21(27-14-15)34-11-10-29(19)35(32)18-7-5-16(6-8-18)23(24,25)26/h5-8,12,14,17H,2-4,9-11,13H2,1H3. The largest absolute Gasteiger partial charge is 0.474 e. The summed E-state index contributed by atoms with van der Waals surface area (Å²) in [6.45, 7) is 0.844. The van der Waals surface area contributed by atoms with E-state index in [4.69, 9.17) is 9.47 Å². The zero-order valence-electron chi connectivity index (χ0n) is 18.9. The van der Waals surface area contributed by atoms with Gasteiger partial charge in [0.15, 0.2) is 11.0 Å². The first-order chi connectivity index (χ1) is 16.7. The Morgan fingerprint density at radius 3 is 2.63 bits per heavy atom. The molecule has 2 aliphatic heterocycles. The molecule has 188 valence electrons. The molecule has 0 N–H and O–H groups in total. The van der Waals surface area contributed by atoms with Crippen LogP contribution in [0, 0.1) is 0 Å². The Morgan fingerprint density at radius 1 is 1.20 bits per heavy atom. The number of alkyl halides is 3. The van der Waals surface area contributed by atoms with Gasteiger partial charge in [-0.1, -0.05) is 0 Å². The summed E-state index contributed by atoms with van der Waals surface area (Å²) in [5.74, 6) is -0.540. The average molecular weight is 512 g/mol. The number of nitrogens with zero attached hydrogens (tertiary/aromatic N) is 3. The lowest BCUT2D eigenvalue weighted by Gasteiger charge is -2.35. The minimum atomic E-state index is -4.50. The number of methoxy groups -OCH3 is 1. The minimum Gasteiger partial charge on any atom is -0.474 e. The van der Waals surface area contributed by atoms with Crippen LogP contribution in [0.5, 0.6) is 5.88 Å². The first kappa shape index (κ1) is 25.0. The van der Waals surface area contributed by atoms with Gasteiger partial charge < -0.3 is 14.4 Å².